The lowest BCUT2D eigenvalue weighted by Crippen LogP contribution is -1.80. The molecule has 72 valence electrons. The molecule has 0 aliphatic rings. The fourth-order valence-electron chi connectivity index (χ4n) is 1.59. The topological polar surface area (TPSA) is 17.1 Å². The molecule has 0 N–H and O–H groups in total. The van der Waals surface area contributed by atoms with Gasteiger partial charge < -0.3 is 0 Å². The van der Waals surface area contributed by atoms with Crippen LogP contribution in [-0.2, 0) is 6.42 Å². The van der Waals surface area contributed by atoms with Crippen molar-refractivity contribution in [3.8, 4) is 0 Å². The number of aryl methyl sites for hydroxylation is 1. The molecule has 14 heavy (non-hydrogen) atoms. The second kappa shape index (κ2) is 3.71. The number of carbonyl (C=O) groups is 1. The Kier molecular flexibility index (Phi) is 2.57. The molecule has 0 aliphatic heterocycles. The first kappa shape index (κ1) is 9.69. The molecule has 1 aromatic carbocycles. The molecule has 0 amide bonds. The molecule has 0 bridgehead atoms. The number of hydrogen-bond donors (Lipinski definition) is 0. The minimum Gasteiger partial charge on any atom is -0.298 e. The van der Waals surface area contributed by atoms with E-state index >= 15 is 0 Å². The largest absolute Gasteiger partial charge is 0.298 e. The zero-order chi connectivity index (χ0) is 10.1. The van der Waals surface area contributed by atoms with Crippen LogP contribution < -0.4 is 0 Å². The number of aldehydes is 1. The third kappa shape index (κ3) is 1.35. The first-order chi connectivity index (χ1) is 6.77. The van der Waals surface area contributed by atoms with Crippen molar-refractivity contribution >= 4 is 39.3 Å². The summed E-state index contributed by atoms with van der Waals surface area (Å²) < 4.78 is 1.81. The van der Waals surface area contributed by atoms with Gasteiger partial charge in [0.15, 0.2) is 6.29 Å². The van der Waals surface area contributed by atoms with Crippen LogP contribution in [0.2, 0.25) is 4.34 Å². The van der Waals surface area contributed by atoms with Gasteiger partial charge >= 0.3 is 0 Å². The molecule has 0 unspecified atom stereocenters. The predicted octanol–water partition coefficient (Wildman–Crippen LogP) is 3.93. The highest BCUT2D eigenvalue weighted by molar-refractivity contribution is 7.23. The van der Waals surface area contributed by atoms with Gasteiger partial charge in [0.2, 0.25) is 0 Å². The van der Waals surface area contributed by atoms with Crippen molar-refractivity contribution in [1.29, 1.82) is 0 Å². The highest BCUT2D eigenvalue weighted by atomic mass is 35.5. The lowest BCUT2D eigenvalue weighted by Gasteiger charge is -1.95. The van der Waals surface area contributed by atoms with E-state index < -0.39 is 0 Å². The number of carbonyl (C=O) groups excluding carboxylic acids is 1. The SMILES string of the molecule is CCc1c(Cl)sc2c(C=O)cccc12. The van der Waals surface area contributed by atoms with E-state index in [2.05, 4.69) is 6.92 Å². The molecule has 0 spiro atoms. The molecule has 3 heteroatoms. The van der Waals surface area contributed by atoms with Gasteiger partial charge in [0.25, 0.3) is 0 Å². The van der Waals surface area contributed by atoms with Gasteiger partial charge in [-0.2, -0.15) is 0 Å². The Labute approximate surface area is 91.3 Å². The Hall–Kier alpha value is -0.860. The van der Waals surface area contributed by atoms with Gasteiger partial charge in [-0.3, -0.25) is 4.79 Å². The Morgan fingerprint density at radius 1 is 1.50 bits per heavy atom. The van der Waals surface area contributed by atoms with Gasteiger partial charge in [0.05, 0.1) is 4.34 Å². The average Bonchev–Trinajstić information content (AvgIpc) is 2.52. The minimum atomic E-state index is 0.731. The molecule has 1 heterocycles. The van der Waals surface area contributed by atoms with E-state index in [0.717, 1.165) is 38.3 Å². The number of thiophene rings is 1. The first-order valence-electron chi connectivity index (χ1n) is 4.43. The van der Waals surface area contributed by atoms with Crippen LogP contribution in [0, 0.1) is 0 Å². The van der Waals surface area contributed by atoms with E-state index in [9.17, 15) is 4.79 Å². The lowest BCUT2D eigenvalue weighted by atomic mass is 10.1. The third-order valence-corrected chi connectivity index (χ3v) is 3.82. The molecule has 0 saturated heterocycles. The Balaban J connectivity index is 2.85. The van der Waals surface area contributed by atoms with Crippen molar-refractivity contribution < 1.29 is 4.79 Å². The van der Waals surface area contributed by atoms with Crippen LogP contribution >= 0.6 is 22.9 Å². The Bertz CT molecular complexity index is 487. The molecule has 0 atom stereocenters. The summed E-state index contributed by atoms with van der Waals surface area (Å²) in [4.78, 5) is 10.8. The number of rotatable bonds is 2. The highest BCUT2D eigenvalue weighted by Crippen LogP contribution is 2.36. The number of halogens is 1. The Morgan fingerprint density at radius 3 is 2.93 bits per heavy atom. The summed E-state index contributed by atoms with van der Waals surface area (Å²) in [5.41, 5.74) is 1.88. The molecule has 1 aromatic heterocycles. The molecule has 0 radical (unpaired) electrons. The monoisotopic (exact) mass is 224 g/mol. The summed E-state index contributed by atoms with van der Waals surface area (Å²) in [6.07, 6.45) is 1.79. The quantitative estimate of drug-likeness (QED) is 0.707. The van der Waals surface area contributed by atoms with E-state index in [0.29, 0.717) is 0 Å². The fraction of sp³-hybridized carbons (Fsp3) is 0.182. The second-order valence-corrected chi connectivity index (χ2v) is 4.67. The summed E-state index contributed by atoms with van der Waals surface area (Å²) in [6, 6.07) is 5.74. The Morgan fingerprint density at radius 2 is 2.29 bits per heavy atom. The summed E-state index contributed by atoms with van der Waals surface area (Å²) in [7, 11) is 0. The van der Waals surface area contributed by atoms with Gasteiger partial charge in [-0.25, -0.2) is 0 Å². The normalized spacial score (nSPS) is 10.7. The third-order valence-electron chi connectivity index (χ3n) is 2.28. The summed E-state index contributed by atoms with van der Waals surface area (Å²) in [5.74, 6) is 0. The van der Waals surface area contributed by atoms with Crippen molar-refractivity contribution in [2.75, 3.05) is 0 Å². The van der Waals surface area contributed by atoms with Gasteiger partial charge in [-0.1, -0.05) is 36.7 Å². The van der Waals surface area contributed by atoms with Crippen LogP contribution in [0.5, 0.6) is 0 Å². The number of hydrogen-bond acceptors (Lipinski definition) is 2. The molecule has 0 aliphatic carbocycles. The summed E-state index contributed by atoms with van der Waals surface area (Å²) in [6.45, 7) is 2.07. The van der Waals surface area contributed by atoms with Crippen molar-refractivity contribution in [3.05, 3.63) is 33.7 Å². The first-order valence-corrected chi connectivity index (χ1v) is 5.62. The number of benzene rings is 1. The van der Waals surface area contributed by atoms with Gasteiger partial charge in [0, 0.05) is 10.3 Å². The van der Waals surface area contributed by atoms with Gasteiger partial charge in [-0.05, 0) is 17.4 Å². The molecule has 1 nitrogen and oxygen atoms in total. The predicted molar refractivity (Wildman–Crippen MR) is 61.6 cm³/mol. The molecule has 2 rings (SSSR count). The van der Waals surface area contributed by atoms with Crippen LogP contribution in [0.4, 0.5) is 0 Å². The maximum Gasteiger partial charge on any atom is 0.151 e. The lowest BCUT2D eigenvalue weighted by molar-refractivity contribution is 0.112. The van der Waals surface area contributed by atoms with E-state index in [-0.39, 0.29) is 0 Å². The highest BCUT2D eigenvalue weighted by Gasteiger charge is 2.10. The van der Waals surface area contributed by atoms with Crippen LogP contribution in [-0.4, -0.2) is 6.29 Å². The van der Waals surface area contributed by atoms with Crippen molar-refractivity contribution in [3.63, 3.8) is 0 Å². The molecule has 0 fully saturated rings. The van der Waals surface area contributed by atoms with Gasteiger partial charge in [0.1, 0.15) is 0 Å². The zero-order valence-electron chi connectivity index (χ0n) is 7.71. The van der Waals surface area contributed by atoms with Crippen molar-refractivity contribution in [2.24, 2.45) is 0 Å². The number of fused-ring (bicyclic) bond motifs is 1. The van der Waals surface area contributed by atoms with E-state index in [1.807, 2.05) is 18.2 Å². The maximum atomic E-state index is 10.8. The summed E-state index contributed by atoms with van der Waals surface area (Å²) >= 11 is 7.59. The summed E-state index contributed by atoms with van der Waals surface area (Å²) in [5, 5.41) is 1.12. The molecular formula is C11H9ClOS. The van der Waals surface area contributed by atoms with Gasteiger partial charge in [-0.15, -0.1) is 11.3 Å². The van der Waals surface area contributed by atoms with Crippen molar-refractivity contribution in [2.45, 2.75) is 13.3 Å². The zero-order valence-corrected chi connectivity index (χ0v) is 9.28. The van der Waals surface area contributed by atoms with Crippen molar-refractivity contribution in [1.82, 2.24) is 0 Å². The van der Waals surface area contributed by atoms with Crippen LogP contribution in [0.15, 0.2) is 18.2 Å². The van der Waals surface area contributed by atoms with E-state index in [1.54, 1.807) is 0 Å². The molecule has 0 saturated carbocycles. The van der Waals surface area contributed by atoms with Crippen LogP contribution in [0.1, 0.15) is 22.8 Å². The average molecular weight is 225 g/mol. The van der Waals surface area contributed by atoms with Crippen LogP contribution in [0.3, 0.4) is 0 Å². The fourth-order valence-corrected chi connectivity index (χ4v) is 3.14. The maximum absolute atomic E-state index is 10.8. The molecule has 2 aromatic rings. The van der Waals surface area contributed by atoms with E-state index in [4.69, 9.17) is 11.6 Å². The smallest absolute Gasteiger partial charge is 0.151 e. The standard InChI is InChI=1S/C11H9ClOS/c1-2-8-9-5-3-4-7(6-13)10(9)14-11(8)12/h3-6H,2H2,1H3. The van der Waals surface area contributed by atoms with Crippen LogP contribution in [0.25, 0.3) is 10.1 Å². The molecular weight excluding hydrogens is 216 g/mol. The minimum absolute atomic E-state index is 0.731. The van der Waals surface area contributed by atoms with E-state index in [1.165, 1.54) is 11.3 Å². The second-order valence-electron chi connectivity index (χ2n) is 3.05.